The highest BCUT2D eigenvalue weighted by Gasteiger charge is 2.14. The second-order valence-corrected chi connectivity index (χ2v) is 6.30. The maximum absolute atomic E-state index is 13.7. The average Bonchev–Trinajstić information content (AvgIpc) is 3.01. The summed E-state index contributed by atoms with van der Waals surface area (Å²) in [4.78, 5) is 10.8. The van der Waals surface area contributed by atoms with Gasteiger partial charge in [0.1, 0.15) is 23.0 Å². The van der Waals surface area contributed by atoms with Crippen LogP contribution in [0.4, 0.5) is 10.2 Å². The van der Waals surface area contributed by atoms with Gasteiger partial charge in [-0.2, -0.15) is 0 Å². The molecule has 1 saturated heterocycles. The van der Waals surface area contributed by atoms with Crippen LogP contribution in [-0.2, 0) is 5.75 Å². The molecule has 2 heterocycles. The zero-order valence-electron chi connectivity index (χ0n) is 11.4. The van der Waals surface area contributed by atoms with Gasteiger partial charge in [-0.3, -0.25) is 0 Å². The topological polar surface area (TPSA) is 29.0 Å². The number of hydrogen-bond donors (Lipinski definition) is 0. The third-order valence-electron chi connectivity index (χ3n) is 3.48. The smallest absolute Gasteiger partial charge is 0.133 e. The quantitative estimate of drug-likeness (QED) is 0.624. The molecule has 0 aliphatic carbocycles. The van der Waals surface area contributed by atoms with Crippen LogP contribution < -0.4 is 4.90 Å². The van der Waals surface area contributed by atoms with Crippen molar-refractivity contribution < 1.29 is 4.39 Å². The average molecular weight is 324 g/mol. The number of benzene rings is 1. The van der Waals surface area contributed by atoms with E-state index in [0.29, 0.717) is 16.3 Å². The zero-order chi connectivity index (χ0) is 14.7. The molecule has 0 bridgehead atoms. The van der Waals surface area contributed by atoms with E-state index in [0.717, 1.165) is 23.9 Å². The lowest BCUT2D eigenvalue weighted by atomic mass is 10.2. The van der Waals surface area contributed by atoms with Crippen molar-refractivity contribution in [2.45, 2.75) is 23.6 Å². The van der Waals surface area contributed by atoms with Crippen LogP contribution >= 0.6 is 23.4 Å². The van der Waals surface area contributed by atoms with Crippen molar-refractivity contribution >= 4 is 29.2 Å². The molecule has 110 valence electrons. The lowest BCUT2D eigenvalue weighted by Gasteiger charge is -2.16. The largest absolute Gasteiger partial charge is 0.356 e. The van der Waals surface area contributed by atoms with E-state index in [1.165, 1.54) is 30.7 Å². The number of aromatic nitrogens is 2. The molecule has 1 aliphatic heterocycles. The lowest BCUT2D eigenvalue weighted by molar-refractivity contribution is 0.617. The molecular weight excluding hydrogens is 309 g/mol. The standard InChI is InChI=1S/C15H15ClFN3S/c16-12-4-3-5-13(17)11(12)9-21-15-8-14(18-10-19-15)20-6-1-2-7-20/h3-5,8,10H,1-2,6-7,9H2. The Morgan fingerprint density at radius 2 is 2.05 bits per heavy atom. The minimum Gasteiger partial charge on any atom is -0.356 e. The first-order valence-corrected chi connectivity index (χ1v) is 8.23. The number of anilines is 1. The first kappa shape index (κ1) is 14.6. The molecule has 6 heteroatoms. The monoisotopic (exact) mass is 323 g/mol. The van der Waals surface area contributed by atoms with E-state index in [4.69, 9.17) is 11.6 Å². The number of halogens is 2. The third kappa shape index (κ3) is 3.47. The van der Waals surface area contributed by atoms with Crippen molar-refractivity contribution in [1.29, 1.82) is 0 Å². The fraction of sp³-hybridized carbons (Fsp3) is 0.333. The van der Waals surface area contributed by atoms with Gasteiger partial charge in [0.15, 0.2) is 0 Å². The van der Waals surface area contributed by atoms with E-state index in [2.05, 4.69) is 14.9 Å². The van der Waals surface area contributed by atoms with Crippen molar-refractivity contribution in [2.75, 3.05) is 18.0 Å². The summed E-state index contributed by atoms with van der Waals surface area (Å²) in [5.41, 5.74) is 0.519. The summed E-state index contributed by atoms with van der Waals surface area (Å²) in [7, 11) is 0. The minimum atomic E-state index is -0.274. The molecule has 1 aromatic heterocycles. The van der Waals surface area contributed by atoms with Gasteiger partial charge in [-0.15, -0.1) is 11.8 Å². The molecule has 0 spiro atoms. The van der Waals surface area contributed by atoms with E-state index < -0.39 is 0 Å². The maximum Gasteiger partial charge on any atom is 0.133 e. The minimum absolute atomic E-state index is 0.274. The molecule has 3 rings (SSSR count). The van der Waals surface area contributed by atoms with E-state index in [9.17, 15) is 4.39 Å². The summed E-state index contributed by atoms with van der Waals surface area (Å²) in [6.07, 6.45) is 3.98. The van der Waals surface area contributed by atoms with E-state index in [1.807, 2.05) is 6.07 Å². The molecule has 0 amide bonds. The molecule has 0 unspecified atom stereocenters. The van der Waals surface area contributed by atoms with Gasteiger partial charge in [-0.25, -0.2) is 14.4 Å². The van der Waals surface area contributed by atoms with Crippen molar-refractivity contribution in [1.82, 2.24) is 9.97 Å². The van der Waals surface area contributed by atoms with Gasteiger partial charge < -0.3 is 4.90 Å². The summed E-state index contributed by atoms with van der Waals surface area (Å²) in [5, 5.41) is 1.29. The molecule has 3 nitrogen and oxygen atoms in total. The fourth-order valence-corrected chi connectivity index (χ4v) is 3.55. The Kier molecular flexibility index (Phi) is 4.60. The number of rotatable bonds is 4. The van der Waals surface area contributed by atoms with Crippen LogP contribution in [0, 0.1) is 5.82 Å². The molecule has 0 radical (unpaired) electrons. The third-order valence-corrected chi connectivity index (χ3v) is 4.79. The van der Waals surface area contributed by atoms with Crippen LogP contribution in [-0.4, -0.2) is 23.1 Å². The first-order valence-electron chi connectivity index (χ1n) is 6.87. The van der Waals surface area contributed by atoms with Gasteiger partial charge >= 0.3 is 0 Å². The van der Waals surface area contributed by atoms with Gasteiger partial charge in [-0.05, 0) is 25.0 Å². The molecule has 0 atom stereocenters. The highest BCUT2D eigenvalue weighted by atomic mass is 35.5. The summed E-state index contributed by atoms with van der Waals surface area (Å²) >= 11 is 7.51. The van der Waals surface area contributed by atoms with Gasteiger partial charge in [0.2, 0.25) is 0 Å². The van der Waals surface area contributed by atoms with Gasteiger partial charge in [0, 0.05) is 35.5 Å². The van der Waals surface area contributed by atoms with Crippen LogP contribution in [0.2, 0.25) is 5.02 Å². The predicted octanol–water partition coefficient (Wildman–Crippen LogP) is 4.16. The Labute approximate surface area is 132 Å². The summed E-state index contributed by atoms with van der Waals surface area (Å²) < 4.78 is 13.7. The number of thioether (sulfide) groups is 1. The van der Waals surface area contributed by atoms with E-state index >= 15 is 0 Å². The molecule has 21 heavy (non-hydrogen) atoms. The zero-order valence-corrected chi connectivity index (χ0v) is 13.0. The Morgan fingerprint density at radius 1 is 1.24 bits per heavy atom. The summed E-state index contributed by atoms with van der Waals surface area (Å²) in [5.74, 6) is 1.13. The summed E-state index contributed by atoms with van der Waals surface area (Å²) in [6.45, 7) is 2.08. The highest BCUT2D eigenvalue weighted by molar-refractivity contribution is 7.98. The Morgan fingerprint density at radius 3 is 2.81 bits per heavy atom. The van der Waals surface area contributed by atoms with Crippen molar-refractivity contribution in [3.05, 3.63) is 47.0 Å². The van der Waals surface area contributed by atoms with Crippen LogP contribution in [0.5, 0.6) is 0 Å². The van der Waals surface area contributed by atoms with Gasteiger partial charge in [0.25, 0.3) is 0 Å². The van der Waals surface area contributed by atoms with Crippen LogP contribution in [0.15, 0.2) is 35.6 Å². The van der Waals surface area contributed by atoms with E-state index in [-0.39, 0.29) is 5.82 Å². The second kappa shape index (κ2) is 6.62. The van der Waals surface area contributed by atoms with Crippen molar-refractivity contribution in [3.8, 4) is 0 Å². The molecule has 0 saturated carbocycles. The molecule has 1 fully saturated rings. The van der Waals surface area contributed by atoms with E-state index in [1.54, 1.807) is 18.5 Å². The van der Waals surface area contributed by atoms with Crippen LogP contribution in [0.3, 0.4) is 0 Å². The van der Waals surface area contributed by atoms with Gasteiger partial charge in [0.05, 0.1) is 0 Å². The first-order chi connectivity index (χ1) is 10.2. The SMILES string of the molecule is Fc1cccc(Cl)c1CSc1cc(N2CCCC2)ncn1. The Bertz CT molecular complexity index is 612. The summed E-state index contributed by atoms with van der Waals surface area (Å²) in [6, 6.07) is 6.71. The Balaban J connectivity index is 1.72. The highest BCUT2D eigenvalue weighted by Crippen LogP contribution is 2.29. The number of hydrogen-bond acceptors (Lipinski definition) is 4. The molecule has 2 aromatic rings. The molecule has 0 N–H and O–H groups in total. The van der Waals surface area contributed by atoms with Gasteiger partial charge in [-0.1, -0.05) is 17.7 Å². The molecular formula is C15H15ClFN3S. The molecule has 1 aromatic carbocycles. The normalized spacial score (nSPS) is 14.7. The fourth-order valence-electron chi connectivity index (χ4n) is 2.34. The Hall–Kier alpha value is -1.33. The predicted molar refractivity (Wildman–Crippen MR) is 84.5 cm³/mol. The maximum atomic E-state index is 13.7. The van der Waals surface area contributed by atoms with Crippen LogP contribution in [0.1, 0.15) is 18.4 Å². The van der Waals surface area contributed by atoms with Crippen molar-refractivity contribution in [2.24, 2.45) is 0 Å². The number of nitrogens with zero attached hydrogens (tertiary/aromatic N) is 3. The van der Waals surface area contributed by atoms with Crippen LogP contribution in [0.25, 0.3) is 0 Å². The van der Waals surface area contributed by atoms with Crippen molar-refractivity contribution in [3.63, 3.8) is 0 Å². The lowest BCUT2D eigenvalue weighted by Crippen LogP contribution is -2.18. The molecule has 1 aliphatic rings. The second-order valence-electron chi connectivity index (χ2n) is 4.90.